The van der Waals surface area contributed by atoms with Crippen LogP contribution in [0.4, 0.5) is 8.78 Å². The summed E-state index contributed by atoms with van der Waals surface area (Å²) in [5.41, 5.74) is 1.57. The van der Waals surface area contributed by atoms with Gasteiger partial charge in [-0.25, -0.2) is 19.6 Å². The maximum absolute atomic E-state index is 12.5. The molecule has 0 spiro atoms. The van der Waals surface area contributed by atoms with Crippen LogP contribution in [0.3, 0.4) is 0 Å². The molecular formula is C20H25F2N5O3. The molecule has 0 atom stereocenters. The molecule has 2 heterocycles. The Morgan fingerprint density at radius 2 is 1.97 bits per heavy atom. The van der Waals surface area contributed by atoms with Crippen LogP contribution in [0, 0.1) is 0 Å². The molecule has 1 aromatic carbocycles. The van der Waals surface area contributed by atoms with Crippen molar-refractivity contribution in [2.75, 3.05) is 13.7 Å². The van der Waals surface area contributed by atoms with E-state index in [2.05, 4.69) is 24.8 Å². The first-order chi connectivity index (χ1) is 14.6. The van der Waals surface area contributed by atoms with Crippen LogP contribution in [0.2, 0.25) is 0 Å². The molecule has 0 amide bonds. The third-order valence-electron chi connectivity index (χ3n) is 3.68. The summed E-state index contributed by atoms with van der Waals surface area (Å²) in [6.07, 6.45) is 3.01. The number of ether oxygens (including phenoxy) is 3. The fourth-order valence-electron chi connectivity index (χ4n) is 2.56. The van der Waals surface area contributed by atoms with Crippen LogP contribution in [-0.2, 0) is 17.9 Å². The molecule has 0 fully saturated rings. The Labute approximate surface area is 173 Å². The van der Waals surface area contributed by atoms with Gasteiger partial charge >= 0.3 is 6.61 Å². The molecule has 30 heavy (non-hydrogen) atoms. The Bertz CT molecular complexity index is 921. The summed E-state index contributed by atoms with van der Waals surface area (Å²) < 4.78 is 41.8. The zero-order chi connectivity index (χ0) is 21.9. The molecule has 0 saturated carbocycles. The number of alkyl halides is 2. The van der Waals surface area contributed by atoms with Gasteiger partial charge in [-0.05, 0) is 19.1 Å². The van der Waals surface area contributed by atoms with Crippen molar-refractivity contribution in [3.63, 3.8) is 0 Å². The van der Waals surface area contributed by atoms with E-state index in [1.54, 1.807) is 30.1 Å². The summed E-state index contributed by atoms with van der Waals surface area (Å²) in [7, 11) is 1.57. The largest absolute Gasteiger partial charge is 0.476 e. The van der Waals surface area contributed by atoms with Gasteiger partial charge in [0.25, 0.3) is 0 Å². The quantitative estimate of drug-likeness (QED) is 0.517. The highest BCUT2D eigenvalue weighted by Crippen LogP contribution is 2.29. The fourth-order valence-corrected chi connectivity index (χ4v) is 2.56. The summed E-state index contributed by atoms with van der Waals surface area (Å²) in [4.78, 5) is 13.1. The van der Waals surface area contributed by atoms with Crippen molar-refractivity contribution >= 4 is 0 Å². The van der Waals surface area contributed by atoms with E-state index >= 15 is 0 Å². The highest BCUT2D eigenvalue weighted by atomic mass is 19.3. The van der Waals surface area contributed by atoms with Gasteiger partial charge in [0.15, 0.2) is 5.82 Å². The normalized spacial score (nSPS) is 10.5. The van der Waals surface area contributed by atoms with Gasteiger partial charge in [-0.1, -0.05) is 26.0 Å². The molecule has 0 radical (unpaired) electrons. The number of nitrogens with zero attached hydrogens (tertiary/aromatic N) is 5. The minimum absolute atomic E-state index is 0.0285. The maximum Gasteiger partial charge on any atom is 0.387 e. The average Bonchev–Trinajstić information content (AvgIpc) is 3.17. The lowest BCUT2D eigenvalue weighted by Crippen LogP contribution is -2.10. The molecule has 3 aromatic rings. The van der Waals surface area contributed by atoms with Gasteiger partial charge in [0, 0.05) is 12.7 Å². The third kappa shape index (κ3) is 6.18. The van der Waals surface area contributed by atoms with E-state index in [1.807, 2.05) is 20.8 Å². The van der Waals surface area contributed by atoms with E-state index in [0.29, 0.717) is 48.4 Å². The van der Waals surface area contributed by atoms with Gasteiger partial charge in [-0.2, -0.15) is 13.9 Å². The zero-order valence-corrected chi connectivity index (χ0v) is 17.4. The molecule has 0 unspecified atom stereocenters. The Morgan fingerprint density at radius 1 is 1.17 bits per heavy atom. The fraction of sp³-hybridized carbons (Fsp3) is 0.400. The molecule has 0 aliphatic heterocycles. The first-order valence-electron chi connectivity index (χ1n) is 9.50. The van der Waals surface area contributed by atoms with Crippen molar-refractivity contribution in [3.8, 4) is 22.9 Å². The van der Waals surface area contributed by atoms with Crippen molar-refractivity contribution in [1.29, 1.82) is 0 Å². The second-order valence-corrected chi connectivity index (χ2v) is 5.62. The second kappa shape index (κ2) is 11.8. The monoisotopic (exact) mass is 421 g/mol. The molecule has 0 bridgehead atoms. The van der Waals surface area contributed by atoms with Crippen LogP contribution in [-0.4, -0.2) is 45.1 Å². The van der Waals surface area contributed by atoms with Gasteiger partial charge in [0.1, 0.15) is 24.4 Å². The number of benzene rings is 1. The average molecular weight is 421 g/mol. The maximum atomic E-state index is 12.5. The Balaban J connectivity index is 0.00000155. The van der Waals surface area contributed by atoms with E-state index in [-0.39, 0.29) is 5.75 Å². The number of methoxy groups -OCH3 is 1. The molecule has 162 valence electrons. The van der Waals surface area contributed by atoms with Crippen molar-refractivity contribution in [1.82, 2.24) is 24.7 Å². The second-order valence-electron chi connectivity index (χ2n) is 5.62. The number of aromatic nitrogens is 5. The predicted molar refractivity (Wildman–Crippen MR) is 106 cm³/mol. The lowest BCUT2D eigenvalue weighted by molar-refractivity contribution is -0.0498. The lowest BCUT2D eigenvalue weighted by atomic mass is 10.1. The highest BCUT2D eigenvalue weighted by molar-refractivity contribution is 5.66. The molecule has 0 N–H and O–H groups in total. The Kier molecular flexibility index (Phi) is 9.07. The number of hydrogen-bond donors (Lipinski definition) is 0. The first-order valence-corrected chi connectivity index (χ1v) is 9.50. The Hall–Kier alpha value is -3.14. The van der Waals surface area contributed by atoms with Gasteiger partial charge < -0.3 is 14.2 Å². The molecule has 2 aromatic heterocycles. The summed E-state index contributed by atoms with van der Waals surface area (Å²) in [5, 5.41) is 4.16. The van der Waals surface area contributed by atoms with E-state index in [0.717, 1.165) is 0 Å². The van der Waals surface area contributed by atoms with Crippen LogP contribution in [0.1, 0.15) is 32.3 Å². The van der Waals surface area contributed by atoms with Crippen LogP contribution >= 0.6 is 0 Å². The van der Waals surface area contributed by atoms with E-state index in [1.165, 1.54) is 18.5 Å². The predicted octanol–water partition coefficient (Wildman–Crippen LogP) is 3.96. The van der Waals surface area contributed by atoms with Crippen molar-refractivity contribution < 1.29 is 23.0 Å². The summed E-state index contributed by atoms with van der Waals surface area (Å²) in [6.45, 7) is 3.92. The molecule has 8 nitrogen and oxygen atoms in total. The summed E-state index contributed by atoms with van der Waals surface area (Å²) in [5.74, 6) is 0.976. The zero-order valence-electron chi connectivity index (χ0n) is 17.4. The van der Waals surface area contributed by atoms with Crippen molar-refractivity contribution in [2.24, 2.45) is 0 Å². The van der Waals surface area contributed by atoms with Crippen molar-refractivity contribution in [3.05, 3.63) is 48.3 Å². The lowest BCUT2D eigenvalue weighted by Gasteiger charge is -2.12. The molecular weight excluding hydrogens is 396 g/mol. The van der Waals surface area contributed by atoms with Gasteiger partial charge in [-0.15, -0.1) is 0 Å². The Morgan fingerprint density at radius 3 is 2.67 bits per heavy atom. The van der Waals surface area contributed by atoms with Gasteiger partial charge in [-0.3, -0.25) is 0 Å². The number of halogens is 2. The van der Waals surface area contributed by atoms with Crippen LogP contribution in [0.15, 0.2) is 36.8 Å². The highest BCUT2D eigenvalue weighted by Gasteiger charge is 2.15. The molecule has 3 rings (SSSR count). The molecule has 0 aliphatic carbocycles. The smallest absolute Gasteiger partial charge is 0.387 e. The van der Waals surface area contributed by atoms with Crippen LogP contribution < -0.4 is 9.47 Å². The van der Waals surface area contributed by atoms with E-state index in [4.69, 9.17) is 9.47 Å². The molecule has 0 saturated heterocycles. The minimum Gasteiger partial charge on any atom is -0.476 e. The standard InChI is InChI=1S/C18H19F2N5O3.C2H6/c1-3-27-17-16(12-5-4-6-14(7-12)28-18(19)20)24-13(8-21-17)9-25-15(10-26-2)22-11-23-25;1-2/h4-8,11,18H,3,9-10H2,1-2H3;1-2H3. The minimum atomic E-state index is -2.91. The summed E-state index contributed by atoms with van der Waals surface area (Å²) >= 11 is 0. The number of hydrogen-bond acceptors (Lipinski definition) is 7. The van der Waals surface area contributed by atoms with E-state index < -0.39 is 6.61 Å². The summed E-state index contributed by atoms with van der Waals surface area (Å²) in [6, 6.07) is 6.24. The van der Waals surface area contributed by atoms with Gasteiger partial charge in [0.2, 0.25) is 5.88 Å². The third-order valence-corrected chi connectivity index (χ3v) is 3.68. The van der Waals surface area contributed by atoms with Gasteiger partial charge in [0.05, 0.1) is 25.0 Å². The van der Waals surface area contributed by atoms with Crippen LogP contribution in [0.5, 0.6) is 11.6 Å². The topological polar surface area (TPSA) is 84.2 Å². The SMILES string of the molecule is CC.CCOc1ncc(Cn2ncnc2COC)nc1-c1cccc(OC(F)F)c1. The number of rotatable bonds is 9. The van der Waals surface area contributed by atoms with Crippen molar-refractivity contribution in [2.45, 2.75) is 40.5 Å². The first kappa shape index (κ1) is 23.1. The van der Waals surface area contributed by atoms with E-state index in [9.17, 15) is 8.78 Å². The molecule has 0 aliphatic rings. The van der Waals surface area contributed by atoms with Crippen LogP contribution in [0.25, 0.3) is 11.3 Å². The molecule has 10 heteroatoms.